The van der Waals surface area contributed by atoms with Gasteiger partial charge in [-0.2, -0.15) is 0 Å². The summed E-state index contributed by atoms with van der Waals surface area (Å²) in [7, 11) is 4.39. The number of anilines is 1. The van der Waals surface area contributed by atoms with Crippen LogP contribution in [0.2, 0.25) is 10.0 Å². The highest BCUT2D eigenvalue weighted by molar-refractivity contribution is 6.41. The predicted molar refractivity (Wildman–Crippen MR) is 133 cm³/mol. The molecule has 1 heterocycles. The van der Waals surface area contributed by atoms with E-state index in [2.05, 4.69) is 21.6 Å². The van der Waals surface area contributed by atoms with Gasteiger partial charge in [-0.15, -0.1) is 0 Å². The number of nitrogen functional groups attached to an aromatic ring is 1. The molecule has 7 nitrogen and oxygen atoms in total. The van der Waals surface area contributed by atoms with Crippen molar-refractivity contribution in [1.82, 2.24) is 9.97 Å². The molecule has 1 fully saturated rings. The molecule has 1 saturated carbocycles. The SMILES string of the molecule is CC1CCCC1.COC=O.COc1cc(OC)c(Cl)c(-c2ccc3nc(N)ncc3c2)c1Cl. The third kappa shape index (κ3) is 7.11. The number of aromatic nitrogens is 2. The molecule has 0 saturated heterocycles. The van der Waals surface area contributed by atoms with Gasteiger partial charge in [0.2, 0.25) is 5.95 Å². The van der Waals surface area contributed by atoms with E-state index in [4.69, 9.17) is 43.2 Å². The van der Waals surface area contributed by atoms with Gasteiger partial charge < -0.3 is 19.9 Å². The van der Waals surface area contributed by atoms with E-state index in [0.717, 1.165) is 22.4 Å². The van der Waals surface area contributed by atoms with Gasteiger partial charge in [0.1, 0.15) is 11.5 Å². The standard InChI is InChI=1S/C16H13Cl2N3O2.C6H12.C2H4O2/c1-22-11-6-12(23-2)15(18)13(14(11)17)8-3-4-10-9(5-8)7-20-16(19)21-10;1-6-4-2-3-5-6;1-4-2-3/h3-7H,1-2H3,(H2,19,20,21);6H,2-5H2,1H3;2H,1H3. The molecule has 4 rings (SSSR count). The Morgan fingerprint density at radius 1 is 1.03 bits per heavy atom. The monoisotopic (exact) mass is 493 g/mol. The van der Waals surface area contributed by atoms with Gasteiger partial charge in [-0.25, -0.2) is 9.97 Å². The van der Waals surface area contributed by atoms with E-state index in [1.54, 1.807) is 12.3 Å². The number of carbonyl (C=O) groups is 1. The molecular formula is C24H29Cl2N3O4. The molecule has 9 heteroatoms. The third-order valence-corrected chi connectivity index (χ3v) is 5.95. The van der Waals surface area contributed by atoms with Crippen LogP contribution in [-0.4, -0.2) is 37.8 Å². The molecule has 0 spiro atoms. The lowest BCUT2D eigenvalue weighted by atomic mass is 10.0. The van der Waals surface area contributed by atoms with Crippen LogP contribution in [0.1, 0.15) is 32.6 Å². The maximum Gasteiger partial charge on any atom is 0.292 e. The van der Waals surface area contributed by atoms with E-state index in [1.165, 1.54) is 47.0 Å². The summed E-state index contributed by atoms with van der Waals surface area (Å²) in [6.45, 7) is 2.72. The minimum atomic E-state index is 0.226. The van der Waals surface area contributed by atoms with Crippen LogP contribution >= 0.6 is 23.2 Å². The Morgan fingerprint density at radius 2 is 1.61 bits per heavy atom. The van der Waals surface area contributed by atoms with Crippen LogP contribution in [0.15, 0.2) is 30.5 Å². The zero-order chi connectivity index (χ0) is 24.4. The fourth-order valence-corrected chi connectivity index (χ4v) is 4.19. The Kier molecular flexibility index (Phi) is 10.5. The highest BCUT2D eigenvalue weighted by atomic mass is 35.5. The van der Waals surface area contributed by atoms with Crippen LogP contribution in [0.25, 0.3) is 22.0 Å². The lowest BCUT2D eigenvalue weighted by Gasteiger charge is -2.15. The first-order valence-corrected chi connectivity index (χ1v) is 11.2. The van der Waals surface area contributed by atoms with Gasteiger partial charge in [0.05, 0.1) is 36.9 Å². The third-order valence-electron chi connectivity index (χ3n) is 5.20. The quantitative estimate of drug-likeness (QED) is 0.432. The molecule has 0 radical (unpaired) electrons. The molecule has 1 aliphatic carbocycles. The fourth-order valence-electron chi connectivity index (χ4n) is 3.47. The van der Waals surface area contributed by atoms with Crippen LogP contribution in [-0.2, 0) is 9.53 Å². The molecule has 3 aromatic rings. The minimum absolute atomic E-state index is 0.226. The number of hydrogen-bond donors (Lipinski definition) is 1. The van der Waals surface area contributed by atoms with Gasteiger partial charge in [0.15, 0.2) is 0 Å². The van der Waals surface area contributed by atoms with Gasteiger partial charge in [-0.1, -0.05) is 61.9 Å². The summed E-state index contributed by atoms with van der Waals surface area (Å²) >= 11 is 12.9. The van der Waals surface area contributed by atoms with Crippen LogP contribution < -0.4 is 15.2 Å². The van der Waals surface area contributed by atoms with E-state index in [0.29, 0.717) is 33.6 Å². The van der Waals surface area contributed by atoms with Gasteiger partial charge in [-0.3, -0.25) is 4.79 Å². The van der Waals surface area contributed by atoms with Gasteiger partial charge >= 0.3 is 0 Å². The molecule has 0 bridgehead atoms. The maximum absolute atomic E-state index is 8.95. The molecule has 0 atom stereocenters. The van der Waals surface area contributed by atoms with Crippen molar-refractivity contribution in [3.05, 3.63) is 40.5 Å². The number of nitrogens with two attached hydrogens (primary N) is 1. The average Bonchev–Trinajstić information content (AvgIpc) is 3.31. The number of benzene rings is 2. The van der Waals surface area contributed by atoms with E-state index < -0.39 is 0 Å². The average molecular weight is 494 g/mol. The van der Waals surface area contributed by atoms with Crippen molar-refractivity contribution in [2.75, 3.05) is 27.1 Å². The first kappa shape index (κ1) is 26.5. The van der Waals surface area contributed by atoms with Crippen LogP contribution in [0.4, 0.5) is 5.95 Å². The normalized spacial score (nSPS) is 12.8. The Labute approximate surface area is 204 Å². The minimum Gasteiger partial charge on any atom is -0.495 e. The number of carbonyl (C=O) groups excluding carboxylic acids is 1. The molecule has 0 unspecified atom stereocenters. The second-order valence-corrected chi connectivity index (χ2v) is 8.26. The van der Waals surface area contributed by atoms with E-state index in [9.17, 15) is 0 Å². The Bertz CT molecular complexity index is 1040. The number of nitrogens with zero attached hydrogens (tertiary/aromatic N) is 2. The largest absolute Gasteiger partial charge is 0.495 e. The lowest BCUT2D eigenvalue weighted by Crippen LogP contribution is -1.95. The molecule has 33 heavy (non-hydrogen) atoms. The van der Waals surface area contributed by atoms with Gasteiger partial charge in [-0.05, 0) is 23.6 Å². The van der Waals surface area contributed by atoms with Crippen molar-refractivity contribution in [3.63, 3.8) is 0 Å². The number of ether oxygens (including phenoxy) is 3. The summed E-state index contributed by atoms with van der Waals surface area (Å²) < 4.78 is 14.5. The second-order valence-electron chi connectivity index (χ2n) is 7.51. The molecule has 178 valence electrons. The highest BCUT2D eigenvalue weighted by Gasteiger charge is 2.19. The highest BCUT2D eigenvalue weighted by Crippen LogP contribution is 2.46. The molecular weight excluding hydrogens is 465 g/mol. The topological polar surface area (TPSA) is 96.6 Å². The van der Waals surface area contributed by atoms with Crippen molar-refractivity contribution in [1.29, 1.82) is 0 Å². The van der Waals surface area contributed by atoms with Crippen LogP contribution in [0, 0.1) is 5.92 Å². The van der Waals surface area contributed by atoms with Crippen molar-refractivity contribution in [2.24, 2.45) is 5.92 Å². The summed E-state index contributed by atoms with van der Waals surface area (Å²) in [5.41, 5.74) is 7.77. The lowest BCUT2D eigenvalue weighted by molar-refractivity contribution is -0.126. The summed E-state index contributed by atoms with van der Waals surface area (Å²) in [6.07, 6.45) is 7.60. The van der Waals surface area contributed by atoms with Crippen LogP contribution in [0.3, 0.4) is 0 Å². The number of hydrogen-bond acceptors (Lipinski definition) is 7. The summed E-state index contributed by atoms with van der Waals surface area (Å²) in [5, 5.41) is 1.65. The van der Waals surface area contributed by atoms with Crippen molar-refractivity contribution < 1.29 is 19.0 Å². The number of methoxy groups -OCH3 is 3. The number of rotatable bonds is 4. The zero-order valence-electron chi connectivity index (χ0n) is 19.2. The summed E-state index contributed by atoms with van der Waals surface area (Å²) in [4.78, 5) is 17.1. The molecule has 2 N–H and O–H groups in total. The van der Waals surface area contributed by atoms with E-state index in [-0.39, 0.29) is 5.95 Å². The first-order chi connectivity index (χ1) is 15.9. The van der Waals surface area contributed by atoms with Crippen molar-refractivity contribution in [2.45, 2.75) is 32.6 Å². The van der Waals surface area contributed by atoms with Crippen LogP contribution in [0.5, 0.6) is 11.5 Å². The smallest absolute Gasteiger partial charge is 0.292 e. The molecule has 2 aromatic carbocycles. The van der Waals surface area contributed by atoms with Gasteiger partial charge in [0.25, 0.3) is 6.47 Å². The second kappa shape index (κ2) is 13.1. The summed E-state index contributed by atoms with van der Waals surface area (Å²) in [5.74, 6) is 2.24. The summed E-state index contributed by atoms with van der Waals surface area (Å²) in [6, 6.07) is 7.24. The Morgan fingerprint density at radius 3 is 2.06 bits per heavy atom. The molecule has 0 amide bonds. The zero-order valence-corrected chi connectivity index (χ0v) is 20.7. The number of halogens is 2. The molecule has 0 aliphatic heterocycles. The van der Waals surface area contributed by atoms with Crippen molar-refractivity contribution in [3.8, 4) is 22.6 Å². The Hall–Kier alpha value is -2.77. The molecule has 1 aliphatic rings. The maximum atomic E-state index is 8.95. The first-order valence-electron chi connectivity index (χ1n) is 10.4. The van der Waals surface area contributed by atoms with E-state index in [1.807, 2.05) is 18.2 Å². The predicted octanol–water partition coefficient (Wildman–Crippen LogP) is 6.19. The van der Waals surface area contributed by atoms with Crippen molar-refractivity contribution >= 4 is 46.5 Å². The molecule has 1 aromatic heterocycles. The van der Waals surface area contributed by atoms with Gasteiger partial charge in [0, 0.05) is 23.2 Å². The Balaban J connectivity index is 0.000000320. The number of fused-ring (bicyclic) bond motifs is 1. The van der Waals surface area contributed by atoms with E-state index >= 15 is 0 Å². The fraction of sp³-hybridized carbons (Fsp3) is 0.375.